The summed E-state index contributed by atoms with van der Waals surface area (Å²) in [5.41, 5.74) is 5.78. The molecule has 1 unspecified atom stereocenters. The zero-order chi connectivity index (χ0) is 12.1. The van der Waals surface area contributed by atoms with E-state index < -0.39 is 0 Å². The van der Waals surface area contributed by atoms with Crippen LogP contribution in [0.2, 0.25) is 5.15 Å². The predicted octanol–water partition coefficient (Wildman–Crippen LogP) is 1.44. The van der Waals surface area contributed by atoms with Gasteiger partial charge in [-0.3, -0.25) is 4.79 Å². The van der Waals surface area contributed by atoms with Crippen LogP contribution in [0.15, 0.2) is 12.4 Å². The summed E-state index contributed by atoms with van der Waals surface area (Å²) in [5, 5.41) is 2.90. The zero-order valence-electron chi connectivity index (χ0n) is 9.27. The monoisotopic (exact) mass is 242 g/mol. The van der Waals surface area contributed by atoms with Crippen molar-refractivity contribution in [1.82, 2.24) is 9.97 Å². The molecule has 0 bridgehead atoms. The van der Waals surface area contributed by atoms with Gasteiger partial charge in [0.05, 0.1) is 0 Å². The van der Waals surface area contributed by atoms with Crippen molar-refractivity contribution in [2.24, 2.45) is 11.7 Å². The van der Waals surface area contributed by atoms with Crippen molar-refractivity contribution in [1.29, 1.82) is 0 Å². The lowest BCUT2D eigenvalue weighted by atomic mass is 10.0. The number of rotatable bonds is 4. The van der Waals surface area contributed by atoms with Crippen molar-refractivity contribution in [3.8, 4) is 0 Å². The molecular weight excluding hydrogens is 228 g/mol. The molecule has 0 aliphatic rings. The number of amides is 1. The summed E-state index contributed by atoms with van der Waals surface area (Å²) in [7, 11) is 0. The van der Waals surface area contributed by atoms with Crippen molar-refractivity contribution in [2.75, 3.05) is 5.32 Å². The number of hydrogen-bond acceptors (Lipinski definition) is 4. The highest BCUT2D eigenvalue weighted by atomic mass is 35.5. The van der Waals surface area contributed by atoms with Gasteiger partial charge in [-0.05, 0) is 5.92 Å². The number of hydrogen-bond donors (Lipinski definition) is 2. The highest BCUT2D eigenvalue weighted by molar-refractivity contribution is 6.29. The molecule has 0 saturated heterocycles. The van der Waals surface area contributed by atoms with Crippen molar-refractivity contribution in [3.05, 3.63) is 17.5 Å². The smallest absolute Gasteiger partial charge is 0.227 e. The van der Waals surface area contributed by atoms with Gasteiger partial charge in [0.1, 0.15) is 17.3 Å². The summed E-state index contributed by atoms with van der Waals surface area (Å²) >= 11 is 5.66. The number of halogens is 1. The first-order valence-corrected chi connectivity index (χ1v) is 5.40. The number of nitrogens with two attached hydrogens (primary N) is 1. The third-order valence-corrected chi connectivity index (χ3v) is 2.39. The Balaban J connectivity index is 2.52. The molecule has 6 heteroatoms. The molecule has 0 spiro atoms. The van der Waals surface area contributed by atoms with E-state index in [0.717, 1.165) is 0 Å². The van der Waals surface area contributed by atoms with E-state index >= 15 is 0 Å². The van der Waals surface area contributed by atoms with E-state index in [1.807, 2.05) is 13.8 Å². The van der Waals surface area contributed by atoms with E-state index in [0.29, 0.717) is 11.0 Å². The Labute approximate surface area is 99.4 Å². The van der Waals surface area contributed by atoms with Crippen molar-refractivity contribution in [3.63, 3.8) is 0 Å². The molecule has 1 atom stereocenters. The number of nitrogens with one attached hydrogen (secondary N) is 1. The predicted molar refractivity (Wildman–Crippen MR) is 63.1 cm³/mol. The molecule has 5 nitrogen and oxygen atoms in total. The molecule has 0 fully saturated rings. The van der Waals surface area contributed by atoms with Gasteiger partial charge in [-0.1, -0.05) is 25.4 Å². The maximum absolute atomic E-state index is 11.5. The van der Waals surface area contributed by atoms with Crippen LogP contribution in [0.1, 0.15) is 20.3 Å². The molecule has 0 saturated carbocycles. The number of aromatic nitrogens is 2. The number of carbonyl (C=O) groups excluding carboxylic acids is 1. The third kappa shape index (κ3) is 4.12. The lowest BCUT2D eigenvalue weighted by Crippen LogP contribution is -2.31. The molecule has 0 aliphatic heterocycles. The SMILES string of the molecule is CC(C)C(N)CC(=O)Nc1cc(Cl)ncn1. The van der Waals surface area contributed by atoms with Crippen LogP contribution in [0.3, 0.4) is 0 Å². The highest BCUT2D eigenvalue weighted by Crippen LogP contribution is 2.10. The Kier molecular flexibility index (Phi) is 4.64. The number of anilines is 1. The number of nitrogens with zero attached hydrogens (tertiary/aromatic N) is 2. The van der Waals surface area contributed by atoms with Crippen molar-refractivity contribution < 1.29 is 4.79 Å². The fraction of sp³-hybridized carbons (Fsp3) is 0.500. The summed E-state index contributed by atoms with van der Waals surface area (Å²) < 4.78 is 0. The van der Waals surface area contributed by atoms with Gasteiger partial charge in [-0.15, -0.1) is 0 Å². The maximum atomic E-state index is 11.5. The largest absolute Gasteiger partial charge is 0.327 e. The number of carbonyl (C=O) groups is 1. The van der Waals surface area contributed by atoms with Gasteiger partial charge in [0, 0.05) is 18.5 Å². The first-order chi connectivity index (χ1) is 7.49. The van der Waals surface area contributed by atoms with E-state index in [9.17, 15) is 4.79 Å². The van der Waals surface area contributed by atoms with Crippen LogP contribution < -0.4 is 11.1 Å². The summed E-state index contributed by atoms with van der Waals surface area (Å²) in [5.74, 6) is 0.483. The second-order valence-corrected chi connectivity index (χ2v) is 4.27. The van der Waals surface area contributed by atoms with Gasteiger partial charge in [-0.25, -0.2) is 9.97 Å². The van der Waals surface area contributed by atoms with Gasteiger partial charge >= 0.3 is 0 Å². The van der Waals surface area contributed by atoms with Crippen LogP contribution >= 0.6 is 11.6 Å². The highest BCUT2D eigenvalue weighted by Gasteiger charge is 2.13. The van der Waals surface area contributed by atoms with Crippen LogP contribution in [0.4, 0.5) is 5.82 Å². The normalized spacial score (nSPS) is 12.6. The van der Waals surface area contributed by atoms with Gasteiger partial charge < -0.3 is 11.1 Å². The molecule has 0 aliphatic carbocycles. The summed E-state index contributed by atoms with van der Waals surface area (Å²) in [6.07, 6.45) is 1.56. The molecule has 0 radical (unpaired) electrons. The van der Waals surface area contributed by atoms with Crippen LogP contribution in [-0.4, -0.2) is 21.9 Å². The van der Waals surface area contributed by atoms with E-state index in [-0.39, 0.29) is 24.3 Å². The van der Waals surface area contributed by atoms with Gasteiger partial charge in [0.25, 0.3) is 0 Å². The van der Waals surface area contributed by atoms with E-state index in [1.165, 1.54) is 12.4 Å². The molecule has 1 aromatic heterocycles. The molecule has 1 aromatic rings. The van der Waals surface area contributed by atoms with E-state index in [1.54, 1.807) is 0 Å². The minimum Gasteiger partial charge on any atom is -0.327 e. The topological polar surface area (TPSA) is 80.9 Å². The average Bonchev–Trinajstić information content (AvgIpc) is 2.16. The fourth-order valence-electron chi connectivity index (χ4n) is 1.05. The van der Waals surface area contributed by atoms with Crippen LogP contribution in [0, 0.1) is 5.92 Å². The first kappa shape index (κ1) is 12.9. The third-order valence-electron chi connectivity index (χ3n) is 2.18. The quantitative estimate of drug-likeness (QED) is 0.783. The van der Waals surface area contributed by atoms with Crippen LogP contribution in [0.5, 0.6) is 0 Å². The first-order valence-electron chi connectivity index (χ1n) is 5.02. The lowest BCUT2D eigenvalue weighted by molar-refractivity contribution is -0.116. The van der Waals surface area contributed by atoms with Crippen LogP contribution in [0.25, 0.3) is 0 Å². The Morgan fingerprint density at radius 3 is 2.81 bits per heavy atom. The minimum absolute atomic E-state index is 0.155. The molecule has 1 rings (SSSR count). The summed E-state index contributed by atoms with van der Waals surface area (Å²) in [6.45, 7) is 3.94. The molecule has 3 N–H and O–H groups in total. The zero-order valence-corrected chi connectivity index (χ0v) is 10.0. The molecule has 88 valence electrons. The Morgan fingerprint density at radius 1 is 1.56 bits per heavy atom. The van der Waals surface area contributed by atoms with Crippen molar-refractivity contribution >= 4 is 23.3 Å². The van der Waals surface area contributed by atoms with Gasteiger partial charge in [-0.2, -0.15) is 0 Å². The second kappa shape index (κ2) is 5.77. The van der Waals surface area contributed by atoms with E-state index in [2.05, 4.69) is 15.3 Å². The second-order valence-electron chi connectivity index (χ2n) is 3.89. The average molecular weight is 243 g/mol. The molecule has 1 amide bonds. The Bertz CT molecular complexity index is 370. The molecular formula is C10H15ClN4O. The summed E-state index contributed by atoms with van der Waals surface area (Å²) in [4.78, 5) is 19.1. The fourth-order valence-corrected chi connectivity index (χ4v) is 1.19. The molecule has 0 aromatic carbocycles. The maximum Gasteiger partial charge on any atom is 0.227 e. The standard InChI is InChI=1S/C10H15ClN4O/c1-6(2)7(12)3-10(16)15-9-4-8(11)13-5-14-9/h4-7H,3,12H2,1-2H3,(H,13,14,15,16). The molecule has 1 heterocycles. The van der Waals surface area contributed by atoms with Gasteiger partial charge in [0.15, 0.2) is 0 Å². The Hall–Kier alpha value is -1.20. The van der Waals surface area contributed by atoms with Gasteiger partial charge in [0.2, 0.25) is 5.91 Å². The van der Waals surface area contributed by atoms with E-state index in [4.69, 9.17) is 17.3 Å². The minimum atomic E-state index is -0.170. The summed E-state index contributed by atoms with van der Waals surface area (Å²) in [6, 6.07) is 1.33. The van der Waals surface area contributed by atoms with Crippen LogP contribution in [-0.2, 0) is 4.79 Å². The molecule has 16 heavy (non-hydrogen) atoms. The Morgan fingerprint density at radius 2 is 2.25 bits per heavy atom. The lowest BCUT2D eigenvalue weighted by Gasteiger charge is -2.14. The van der Waals surface area contributed by atoms with Crippen molar-refractivity contribution in [2.45, 2.75) is 26.3 Å².